The van der Waals surface area contributed by atoms with Crippen LogP contribution in [0.4, 0.5) is 13.2 Å². The van der Waals surface area contributed by atoms with Crippen molar-refractivity contribution in [2.24, 2.45) is 0 Å². The smallest absolute Gasteiger partial charge is 0.207 e. The number of phenolic OH excluding ortho intramolecular Hbond substituents is 4. The standard InChI is InChI=1S/C12H7F3O4/c13-8-7(4-1-2-5(16)6(17)3-4)11(18)9(14)10(15)12(8)19/h1-3,16-19H. The molecule has 19 heavy (non-hydrogen) atoms. The maximum absolute atomic E-state index is 13.7. The highest BCUT2D eigenvalue weighted by atomic mass is 19.2. The molecule has 0 saturated carbocycles. The molecule has 0 heterocycles. The summed E-state index contributed by atoms with van der Waals surface area (Å²) in [5, 5.41) is 36.8. The number of benzene rings is 2. The van der Waals surface area contributed by atoms with Crippen LogP contribution >= 0.6 is 0 Å². The summed E-state index contributed by atoms with van der Waals surface area (Å²) in [6, 6.07) is 2.83. The Morgan fingerprint density at radius 3 is 1.84 bits per heavy atom. The number of aromatic hydroxyl groups is 4. The van der Waals surface area contributed by atoms with Crippen LogP contribution in [0.3, 0.4) is 0 Å². The molecule has 0 amide bonds. The van der Waals surface area contributed by atoms with Gasteiger partial charge in [-0.1, -0.05) is 6.07 Å². The first kappa shape index (κ1) is 12.9. The van der Waals surface area contributed by atoms with Gasteiger partial charge in [-0.3, -0.25) is 0 Å². The fourth-order valence-corrected chi connectivity index (χ4v) is 1.58. The van der Waals surface area contributed by atoms with Crippen LogP contribution in [-0.2, 0) is 0 Å². The monoisotopic (exact) mass is 272 g/mol. The van der Waals surface area contributed by atoms with Crippen molar-refractivity contribution < 1.29 is 33.6 Å². The summed E-state index contributed by atoms with van der Waals surface area (Å²) in [5.74, 6) is -9.42. The second-order valence-electron chi connectivity index (χ2n) is 3.72. The average Bonchev–Trinajstić information content (AvgIpc) is 2.38. The van der Waals surface area contributed by atoms with E-state index in [4.69, 9.17) is 10.2 Å². The minimum Gasteiger partial charge on any atom is -0.504 e. The fourth-order valence-electron chi connectivity index (χ4n) is 1.58. The Morgan fingerprint density at radius 2 is 1.26 bits per heavy atom. The molecule has 0 aliphatic rings. The molecule has 0 aliphatic carbocycles. The zero-order valence-electron chi connectivity index (χ0n) is 9.15. The molecule has 4 nitrogen and oxygen atoms in total. The first-order valence-corrected chi connectivity index (χ1v) is 4.95. The molecule has 7 heteroatoms. The molecule has 4 N–H and O–H groups in total. The lowest BCUT2D eigenvalue weighted by Gasteiger charge is -2.10. The topological polar surface area (TPSA) is 80.9 Å². The van der Waals surface area contributed by atoms with Gasteiger partial charge < -0.3 is 20.4 Å². The number of phenols is 4. The Morgan fingerprint density at radius 1 is 0.684 bits per heavy atom. The summed E-state index contributed by atoms with van der Waals surface area (Å²) in [6.07, 6.45) is 0. The quantitative estimate of drug-likeness (QED) is 0.365. The van der Waals surface area contributed by atoms with Gasteiger partial charge in [-0.15, -0.1) is 0 Å². The largest absolute Gasteiger partial charge is 0.504 e. The first-order valence-electron chi connectivity index (χ1n) is 4.95. The molecule has 0 radical (unpaired) electrons. The normalized spacial score (nSPS) is 10.7. The molecule has 0 bridgehead atoms. The van der Waals surface area contributed by atoms with E-state index >= 15 is 0 Å². The van der Waals surface area contributed by atoms with E-state index in [-0.39, 0.29) is 5.56 Å². The van der Waals surface area contributed by atoms with Crippen molar-refractivity contribution in [3.8, 4) is 34.1 Å². The van der Waals surface area contributed by atoms with E-state index in [0.29, 0.717) is 0 Å². The zero-order chi connectivity index (χ0) is 14.3. The van der Waals surface area contributed by atoms with Crippen LogP contribution in [0.2, 0.25) is 0 Å². The van der Waals surface area contributed by atoms with Crippen molar-refractivity contribution in [1.82, 2.24) is 0 Å². The molecule has 2 rings (SSSR count). The average molecular weight is 272 g/mol. The zero-order valence-corrected chi connectivity index (χ0v) is 9.15. The van der Waals surface area contributed by atoms with E-state index in [2.05, 4.69) is 0 Å². The van der Waals surface area contributed by atoms with Crippen LogP contribution in [0.5, 0.6) is 23.0 Å². The number of hydrogen-bond acceptors (Lipinski definition) is 4. The Kier molecular flexibility index (Phi) is 2.89. The maximum atomic E-state index is 13.7. The van der Waals surface area contributed by atoms with E-state index in [1.807, 2.05) is 0 Å². The molecule has 0 fully saturated rings. The Bertz CT molecular complexity index is 642. The third-order valence-corrected chi connectivity index (χ3v) is 2.54. The maximum Gasteiger partial charge on any atom is 0.207 e. The van der Waals surface area contributed by atoms with Gasteiger partial charge in [0.15, 0.2) is 28.8 Å². The summed E-state index contributed by atoms with van der Waals surface area (Å²) < 4.78 is 39.9. The van der Waals surface area contributed by atoms with Gasteiger partial charge in [0.2, 0.25) is 11.6 Å². The second-order valence-corrected chi connectivity index (χ2v) is 3.72. The van der Waals surface area contributed by atoms with Gasteiger partial charge in [0.1, 0.15) is 0 Å². The highest BCUT2D eigenvalue weighted by Gasteiger charge is 2.25. The highest BCUT2D eigenvalue weighted by Crippen LogP contribution is 2.42. The van der Waals surface area contributed by atoms with Crippen molar-refractivity contribution >= 4 is 0 Å². The second kappa shape index (κ2) is 4.27. The molecular weight excluding hydrogens is 265 g/mol. The highest BCUT2D eigenvalue weighted by molar-refractivity contribution is 5.74. The fraction of sp³-hybridized carbons (Fsp3) is 0. The van der Waals surface area contributed by atoms with E-state index in [9.17, 15) is 23.4 Å². The molecule has 0 spiro atoms. The van der Waals surface area contributed by atoms with Crippen LogP contribution in [0.25, 0.3) is 11.1 Å². The van der Waals surface area contributed by atoms with Gasteiger partial charge in [-0.05, 0) is 17.7 Å². The van der Waals surface area contributed by atoms with Crippen molar-refractivity contribution in [2.75, 3.05) is 0 Å². The lowest BCUT2D eigenvalue weighted by Crippen LogP contribution is -1.95. The molecule has 0 unspecified atom stereocenters. The lowest BCUT2D eigenvalue weighted by molar-refractivity contribution is 0.353. The number of halogens is 3. The Hall–Kier alpha value is -2.57. The predicted octanol–water partition coefficient (Wildman–Crippen LogP) is 2.59. The molecule has 0 saturated heterocycles. The number of rotatable bonds is 1. The van der Waals surface area contributed by atoms with E-state index in [1.165, 1.54) is 0 Å². The van der Waals surface area contributed by atoms with Gasteiger partial charge >= 0.3 is 0 Å². The van der Waals surface area contributed by atoms with Crippen LogP contribution < -0.4 is 0 Å². The molecule has 0 aliphatic heterocycles. The first-order chi connectivity index (χ1) is 8.84. The number of hydrogen-bond donors (Lipinski definition) is 4. The lowest BCUT2D eigenvalue weighted by atomic mass is 10.0. The van der Waals surface area contributed by atoms with Gasteiger partial charge in [-0.2, -0.15) is 8.78 Å². The SMILES string of the molecule is Oc1ccc(-c2c(O)c(F)c(F)c(O)c2F)cc1O. The summed E-state index contributed by atoms with van der Waals surface area (Å²) >= 11 is 0. The Balaban J connectivity index is 2.79. The molecule has 2 aromatic rings. The van der Waals surface area contributed by atoms with Crippen LogP contribution in [0.1, 0.15) is 0 Å². The van der Waals surface area contributed by atoms with Crippen molar-refractivity contribution in [2.45, 2.75) is 0 Å². The third kappa shape index (κ3) is 1.88. The van der Waals surface area contributed by atoms with Crippen LogP contribution in [0, 0.1) is 17.5 Å². The van der Waals surface area contributed by atoms with Crippen molar-refractivity contribution in [3.05, 3.63) is 35.7 Å². The van der Waals surface area contributed by atoms with E-state index in [1.54, 1.807) is 0 Å². The minimum absolute atomic E-state index is 0.250. The van der Waals surface area contributed by atoms with Crippen molar-refractivity contribution in [3.63, 3.8) is 0 Å². The summed E-state index contributed by atoms with van der Waals surface area (Å²) in [6.45, 7) is 0. The molecule has 0 aromatic heterocycles. The van der Waals surface area contributed by atoms with E-state index in [0.717, 1.165) is 18.2 Å². The summed E-state index contributed by atoms with van der Waals surface area (Å²) in [5.41, 5.74) is -1.08. The van der Waals surface area contributed by atoms with E-state index < -0.39 is 46.0 Å². The van der Waals surface area contributed by atoms with Gasteiger partial charge in [0.25, 0.3) is 0 Å². The van der Waals surface area contributed by atoms with Gasteiger partial charge in [-0.25, -0.2) is 4.39 Å². The molecular formula is C12H7F3O4. The predicted molar refractivity (Wildman–Crippen MR) is 58.4 cm³/mol. The van der Waals surface area contributed by atoms with Gasteiger partial charge in [0, 0.05) is 0 Å². The summed E-state index contributed by atoms with van der Waals surface area (Å²) in [4.78, 5) is 0. The third-order valence-electron chi connectivity index (χ3n) is 2.54. The molecule has 0 atom stereocenters. The van der Waals surface area contributed by atoms with Crippen LogP contribution in [0.15, 0.2) is 18.2 Å². The van der Waals surface area contributed by atoms with Gasteiger partial charge in [0.05, 0.1) is 5.56 Å². The minimum atomic E-state index is -1.92. The molecule has 100 valence electrons. The Labute approximate surface area is 104 Å². The molecule has 2 aromatic carbocycles. The van der Waals surface area contributed by atoms with Crippen molar-refractivity contribution in [1.29, 1.82) is 0 Å². The summed E-state index contributed by atoms with van der Waals surface area (Å²) in [7, 11) is 0. The van der Waals surface area contributed by atoms with Crippen LogP contribution in [-0.4, -0.2) is 20.4 Å².